The number of fused-ring (bicyclic) bond motifs is 1. The van der Waals surface area contributed by atoms with E-state index >= 15 is 0 Å². The zero-order valence-corrected chi connectivity index (χ0v) is 22.1. The number of carbonyl (C=O) groups excluding carboxylic acids is 3. The summed E-state index contributed by atoms with van der Waals surface area (Å²) in [4.78, 5) is 42.7. The number of rotatable bonds is 8. The average molecular weight is 516 g/mol. The van der Waals surface area contributed by atoms with Gasteiger partial charge in [0, 0.05) is 36.8 Å². The van der Waals surface area contributed by atoms with Crippen LogP contribution in [-0.4, -0.2) is 51.1 Å². The Hall–Kier alpha value is -3.32. The molecule has 3 amide bonds. The van der Waals surface area contributed by atoms with Crippen molar-refractivity contribution in [3.05, 3.63) is 76.3 Å². The van der Waals surface area contributed by atoms with Crippen LogP contribution in [0, 0.1) is 0 Å². The summed E-state index contributed by atoms with van der Waals surface area (Å²) in [5.74, 6) is -0.104. The molecular weight excluding hydrogens is 482 g/mol. The number of aryl methyl sites for hydroxylation is 2. The largest absolute Gasteiger partial charge is 0.341 e. The first-order valence-electron chi connectivity index (χ1n) is 13.2. The molecule has 0 spiro atoms. The number of hydrogen-bond donors (Lipinski definition) is 0. The van der Waals surface area contributed by atoms with Gasteiger partial charge in [-0.15, -0.1) is 0 Å². The quantitative estimate of drug-likeness (QED) is 0.351. The molecular formula is C30H33N3O3S. The van der Waals surface area contributed by atoms with Crippen molar-refractivity contribution in [3.63, 3.8) is 0 Å². The number of piperidine rings is 1. The number of likely N-dealkylation sites (tertiary alicyclic amines) is 1. The van der Waals surface area contributed by atoms with E-state index in [1.54, 1.807) is 0 Å². The highest BCUT2D eigenvalue weighted by Crippen LogP contribution is 2.35. The second-order valence-corrected chi connectivity index (χ2v) is 10.7. The molecule has 0 atom stereocenters. The maximum absolute atomic E-state index is 13.2. The van der Waals surface area contributed by atoms with Gasteiger partial charge in [0.25, 0.3) is 11.1 Å². The van der Waals surface area contributed by atoms with Gasteiger partial charge < -0.3 is 9.47 Å². The fraction of sp³-hybridized carbons (Fsp3) is 0.367. The topological polar surface area (TPSA) is 62.6 Å². The van der Waals surface area contributed by atoms with E-state index < -0.39 is 0 Å². The van der Waals surface area contributed by atoms with Crippen LogP contribution in [0.4, 0.5) is 4.79 Å². The Morgan fingerprint density at radius 1 is 1.00 bits per heavy atom. The lowest BCUT2D eigenvalue weighted by molar-refractivity contribution is -0.132. The lowest BCUT2D eigenvalue weighted by atomic mass is 10.1. The minimum absolute atomic E-state index is 0.132. The maximum atomic E-state index is 13.2. The van der Waals surface area contributed by atoms with E-state index in [9.17, 15) is 14.4 Å². The molecule has 192 valence electrons. The molecule has 2 aliphatic heterocycles. The number of nitrogens with zero attached hydrogens (tertiary/aromatic N) is 3. The van der Waals surface area contributed by atoms with E-state index in [0.29, 0.717) is 11.4 Å². The van der Waals surface area contributed by atoms with Crippen LogP contribution in [0.5, 0.6) is 0 Å². The number of aromatic nitrogens is 1. The first-order chi connectivity index (χ1) is 18.0. The molecule has 0 N–H and O–H groups in total. The van der Waals surface area contributed by atoms with Gasteiger partial charge in [-0.05, 0) is 67.5 Å². The Morgan fingerprint density at radius 3 is 2.54 bits per heavy atom. The summed E-state index contributed by atoms with van der Waals surface area (Å²) in [6, 6.07) is 16.2. The second-order valence-electron chi connectivity index (χ2n) is 9.74. The number of hydrogen-bond acceptors (Lipinski definition) is 4. The molecule has 0 bridgehead atoms. The smallest absolute Gasteiger partial charge is 0.293 e. The maximum Gasteiger partial charge on any atom is 0.293 e. The van der Waals surface area contributed by atoms with Crippen LogP contribution in [0.3, 0.4) is 0 Å². The van der Waals surface area contributed by atoms with Crippen molar-refractivity contribution in [2.45, 2.75) is 52.0 Å². The fourth-order valence-electron chi connectivity index (χ4n) is 5.30. The van der Waals surface area contributed by atoms with Gasteiger partial charge in [-0.1, -0.05) is 55.5 Å². The number of thioether (sulfide) groups is 1. The van der Waals surface area contributed by atoms with Crippen LogP contribution in [-0.2, 0) is 29.0 Å². The van der Waals surface area contributed by atoms with Crippen molar-refractivity contribution in [1.29, 1.82) is 0 Å². The van der Waals surface area contributed by atoms with Crippen LogP contribution in [0.1, 0.15) is 49.3 Å². The summed E-state index contributed by atoms with van der Waals surface area (Å²) in [7, 11) is 0. The monoisotopic (exact) mass is 515 g/mol. The predicted octanol–water partition coefficient (Wildman–Crippen LogP) is 5.89. The molecule has 7 heteroatoms. The molecule has 2 aliphatic rings. The first kappa shape index (κ1) is 25.3. The Bertz CT molecular complexity index is 1340. The molecule has 0 unspecified atom stereocenters. The van der Waals surface area contributed by atoms with E-state index in [2.05, 4.69) is 25.1 Å². The van der Waals surface area contributed by atoms with Gasteiger partial charge in [0.1, 0.15) is 6.54 Å². The second kappa shape index (κ2) is 11.4. The molecule has 6 nitrogen and oxygen atoms in total. The number of amides is 3. The van der Waals surface area contributed by atoms with Crippen molar-refractivity contribution in [3.8, 4) is 0 Å². The van der Waals surface area contributed by atoms with Gasteiger partial charge in [0.15, 0.2) is 0 Å². The molecule has 2 saturated heterocycles. The van der Waals surface area contributed by atoms with Crippen LogP contribution in [0.15, 0.2) is 59.6 Å². The predicted molar refractivity (Wildman–Crippen MR) is 149 cm³/mol. The van der Waals surface area contributed by atoms with Crippen LogP contribution in [0.2, 0.25) is 0 Å². The number of para-hydroxylation sites is 1. The van der Waals surface area contributed by atoms with E-state index in [1.807, 2.05) is 52.1 Å². The van der Waals surface area contributed by atoms with E-state index in [-0.39, 0.29) is 23.6 Å². The SMILES string of the molecule is CCc1cccc2c(/C=C3\SC(=O)N(CCCc4ccccc4)C3=O)cn(CC(=O)N3CCCCC3)c12. The van der Waals surface area contributed by atoms with Gasteiger partial charge in [-0.25, -0.2) is 0 Å². The van der Waals surface area contributed by atoms with Crippen molar-refractivity contribution in [1.82, 2.24) is 14.4 Å². The lowest BCUT2D eigenvalue weighted by Crippen LogP contribution is -2.37. The molecule has 2 aromatic carbocycles. The first-order valence-corrected chi connectivity index (χ1v) is 14.0. The summed E-state index contributed by atoms with van der Waals surface area (Å²) in [6.07, 6.45) is 9.49. The molecule has 37 heavy (non-hydrogen) atoms. The third-order valence-corrected chi connectivity index (χ3v) is 8.17. The Morgan fingerprint density at radius 2 is 1.78 bits per heavy atom. The number of carbonyl (C=O) groups is 3. The summed E-state index contributed by atoms with van der Waals surface area (Å²) in [5.41, 5.74) is 4.26. The van der Waals surface area contributed by atoms with Gasteiger partial charge >= 0.3 is 0 Å². The zero-order valence-electron chi connectivity index (χ0n) is 21.3. The van der Waals surface area contributed by atoms with Crippen LogP contribution >= 0.6 is 11.8 Å². The van der Waals surface area contributed by atoms with Crippen molar-refractivity contribution < 1.29 is 14.4 Å². The Kier molecular flexibility index (Phi) is 7.79. The van der Waals surface area contributed by atoms with Gasteiger partial charge in [-0.3, -0.25) is 19.3 Å². The normalized spacial score (nSPS) is 17.4. The van der Waals surface area contributed by atoms with Crippen molar-refractivity contribution >= 4 is 45.8 Å². The van der Waals surface area contributed by atoms with Crippen LogP contribution in [0.25, 0.3) is 17.0 Å². The molecule has 1 aromatic heterocycles. The molecule has 3 aromatic rings. The van der Waals surface area contributed by atoms with Gasteiger partial charge in [-0.2, -0.15) is 0 Å². The minimum Gasteiger partial charge on any atom is -0.341 e. The van der Waals surface area contributed by atoms with Crippen LogP contribution < -0.4 is 0 Å². The third kappa shape index (κ3) is 5.52. The summed E-state index contributed by atoms with van der Waals surface area (Å²) >= 11 is 1.00. The Labute approximate surface area is 222 Å². The van der Waals surface area contributed by atoms with E-state index in [1.165, 1.54) is 16.9 Å². The third-order valence-electron chi connectivity index (χ3n) is 7.26. The van der Waals surface area contributed by atoms with Crippen molar-refractivity contribution in [2.24, 2.45) is 0 Å². The summed E-state index contributed by atoms with van der Waals surface area (Å²) < 4.78 is 2.03. The highest BCUT2D eigenvalue weighted by atomic mass is 32.2. The molecule has 0 saturated carbocycles. The molecule has 5 rings (SSSR count). The highest BCUT2D eigenvalue weighted by Gasteiger charge is 2.34. The average Bonchev–Trinajstić information content (AvgIpc) is 3.41. The molecule has 3 heterocycles. The molecule has 2 fully saturated rings. The standard InChI is InChI=1S/C30H33N3O3S/c1-2-23-14-9-15-25-24(20-32(28(23)25)21-27(34)31-16-7-4-8-17-31)19-26-29(35)33(30(36)37-26)18-10-13-22-11-5-3-6-12-22/h3,5-6,9,11-12,14-15,19-20H,2,4,7-8,10,13,16-18,21H2,1H3/b26-19-. The molecule has 0 aliphatic carbocycles. The lowest BCUT2D eigenvalue weighted by Gasteiger charge is -2.27. The van der Waals surface area contributed by atoms with Crippen molar-refractivity contribution in [2.75, 3.05) is 19.6 Å². The van der Waals surface area contributed by atoms with Gasteiger partial charge in [0.2, 0.25) is 5.91 Å². The number of benzene rings is 2. The van der Waals surface area contributed by atoms with Gasteiger partial charge in [0.05, 0.1) is 10.4 Å². The number of imide groups is 1. The summed E-state index contributed by atoms with van der Waals surface area (Å²) in [5, 5.41) is 0.782. The highest BCUT2D eigenvalue weighted by molar-refractivity contribution is 8.18. The molecule has 0 radical (unpaired) electrons. The Balaban J connectivity index is 1.37. The zero-order chi connectivity index (χ0) is 25.8. The van der Waals surface area contributed by atoms with E-state index in [4.69, 9.17) is 0 Å². The minimum atomic E-state index is -0.236. The summed E-state index contributed by atoms with van der Waals surface area (Å²) in [6.45, 7) is 4.44. The van der Waals surface area contributed by atoms with E-state index in [0.717, 1.165) is 79.0 Å². The fourth-order valence-corrected chi connectivity index (χ4v) is 6.16.